The first-order chi connectivity index (χ1) is 9.54. The van der Waals surface area contributed by atoms with Crippen LogP contribution in [0.15, 0.2) is 6.07 Å². The zero-order chi connectivity index (χ0) is 15.1. The molecule has 8 nitrogen and oxygen atoms in total. The van der Waals surface area contributed by atoms with Gasteiger partial charge in [0.15, 0.2) is 0 Å². The van der Waals surface area contributed by atoms with E-state index in [4.69, 9.17) is 4.74 Å². The minimum atomic E-state index is -0.580. The van der Waals surface area contributed by atoms with E-state index in [0.717, 1.165) is 0 Å². The predicted molar refractivity (Wildman–Crippen MR) is 74.2 cm³/mol. The van der Waals surface area contributed by atoms with E-state index < -0.39 is 10.8 Å². The van der Waals surface area contributed by atoms with Crippen molar-refractivity contribution in [1.29, 1.82) is 0 Å². The van der Waals surface area contributed by atoms with Crippen LogP contribution in [0.1, 0.15) is 31.1 Å². The van der Waals surface area contributed by atoms with Crippen molar-refractivity contribution in [3.63, 3.8) is 0 Å². The first kappa shape index (κ1) is 15.7. The van der Waals surface area contributed by atoms with Crippen molar-refractivity contribution in [2.45, 2.75) is 20.8 Å². The van der Waals surface area contributed by atoms with Crippen LogP contribution in [0, 0.1) is 10.1 Å². The Morgan fingerprint density at radius 1 is 1.40 bits per heavy atom. The molecule has 1 amide bonds. The third kappa shape index (κ3) is 3.56. The maximum atomic E-state index is 11.9. The van der Waals surface area contributed by atoms with Crippen LogP contribution in [-0.2, 0) is 0 Å². The highest BCUT2D eigenvalue weighted by Crippen LogP contribution is 2.29. The molecule has 0 saturated carbocycles. The Morgan fingerprint density at radius 2 is 2.10 bits per heavy atom. The van der Waals surface area contributed by atoms with Crippen molar-refractivity contribution in [2.24, 2.45) is 0 Å². The lowest BCUT2D eigenvalue weighted by Crippen LogP contribution is -2.24. The average molecular weight is 282 g/mol. The third-order valence-electron chi connectivity index (χ3n) is 2.37. The molecule has 110 valence electrons. The molecule has 0 aliphatic rings. The number of hydrogen-bond acceptors (Lipinski definition) is 6. The fourth-order valence-electron chi connectivity index (χ4n) is 1.59. The molecular formula is C12H18N4O4. The summed E-state index contributed by atoms with van der Waals surface area (Å²) in [5, 5.41) is 16.4. The van der Waals surface area contributed by atoms with Crippen LogP contribution in [0.3, 0.4) is 0 Å². The van der Waals surface area contributed by atoms with Crippen LogP contribution >= 0.6 is 0 Å². The van der Waals surface area contributed by atoms with E-state index in [2.05, 4.69) is 15.6 Å². The number of anilines is 1. The van der Waals surface area contributed by atoms with Crippen LogP contribution in [-0.4, -0.2) is 35.5 Å². The molecule has 1 rings (SSSR count). The van der Waals surface area contributed by atoms with Gasteiger partial charge in [0.25, 0.3) is 5.91 Å². The van der Waals surface area contributed by atoms with Crippen molar-refractivity contribution in [2.75, 3.05) is 25.0 Å². The van der Waals surface area contributed by atoms with Gasteiger partial charge >= 0.3 is 5.69 Å². The first-order valence-electron chi connectivity index (χ1n) is 6.39. The minimum Gasteiger partial charge on any atom is -0.477 e. The van der Waals surface area contributed by atoms with Crippen LogP contribution in [0.5, 0.6) is 5.88 Å². The summed E-state index contributed by atoms with van der Waals surface area (Å²) in [5.41, 5.74) is -0.196. The van der Waals surface area contributed by atoms with Gasteiger partial charge in [-0.2, -0.15) is 4.98 Å². The molecule has 0 radical (unpaired) electrons. The van der Waals surface area contributed by atoms with Gasteiger partial charge in [-0.1, -0.05) is 0 Å². The molecule has 1 heterocycles. The van der Waals surface area contributed by atoms with Gasteiger partial charge in [-0.25, -0.2) is 0 Å². The number of aromatic nitrogens is 1. The Bertz CT molecular complexity index is 504. The highest BCUT2D eigenvalue weighted by molar-refractivity contribution is 5.97. The second-order valence-electron chi connectivity index (χ2n) is 3.79. The second-order valence-corrected chi connectivity index (χ2v) is 3.79. The SMILES string of the molecule is CCNC(=O)c1cc([N+](=O)[O-])c(NCC)nc1OCC. The van der Waals surface area contributed by atoms with Crippen molar-refractivity contribution in [1.82, 2.24) is 10.3 Å². The lowest BCUT2D eigenvalue weighted by molar-refractivity contribution is -0.384. The molecule has 20 heavy (non-hydrogen) atoms. The van der Waals surface area contributed by atoms with Crippen LogP contribution in [0.4, 0.5) is 11.5 Å². The Balaban J connectivity index is 3.36. The smallest absolute Gasteiger partial charge is 0.312 e. The highest BCUT2D eigenvalue weighted by atomic mass is 16.6. The Kier molecular flexibility index (Phi) is 5.70. The van der Waals surface area contributed by atoms with Gasteiger partial charge in [0.05, 0.1) is 11.5 Å². The van der Waals surface area contributed by atoms with Gasteiger partial charge in [0.1, 0.15) is 5.56 Å². The number of ether oxygens (including phenoxy) is 1. The number of hydrogen-bond donors (Lipinski definition) is 2. The molecule has 0 unspecified atom stereocenters. The van der Waals surface area contributed by atoms with Crippen molar-refractivity contribution in [3.8, 4) is 5.88 Å². The van der Waals surface area contributed by atoms with E-state index in [1.54, 1.807) is 20.8 Å². The van der Waals surface area contributed by atoms with Gasteiger partial charge in [-0.15, -0.1) is 0 Å². The second kappa shape index (κ2) is 7.27. The highest BCUT2D eigenvalue weighted by Gasteiger charge is 2.24. The van der Waals surface area contributed by atoms with E-state index in [-0.39, 0.29) is 22.9 Å². The molecule has 0 fully saturated rings. The standard InChI is InChI=1S/C12H18N4O4/c1-4-13-10-9(16(18)19)7-8(11(17)14-5-2)12(15-10)20-6-3/h7H,4-6H2,1-3H3,(H,13,15)(H,14,17). The lowest BCUT2D eigenvalue weighted by Gasteiger charge is -2.11. The summed E-state index contributed by atoms with van der Waals surface area (Å²) < 4.78 is 5.29. The van der Waals surface area contributed by atoms with Crippen molar-refractivity contribution >= 4 is 17.4 Å². The summed E-state index contributed by atoms with van der Waals surface area (Å²) in [6, 6.07) is 1.18. The van der Waals surface area contributed by atoms with Crippen molar-refractivity contribution < 1.29 is 14.5 Å². The van der Waals surface area contributed by atoms with E-state index in [1.165, 1.54) is 6.07 Å². The molecule has 8 heteroatoms. The molecule has 0 aliphatic carbocycles. The van der Waals surface area contributed by atoms with Crippen LogP contribution in [0.25, 0.3) is 0 Å². The molecule has 0 aliphatic heterocycles. The number of amides is 1. The molecule has 1 aromatic rings. The summed E-state index contributed by atoms with van der Waals surface area (Å²) in [5.74, 6) is -0.274. The average Bonchev–Trinajstić information content (AvgIpc) is 2.39. The maximum Gasteiger partial charge on any atom is 0.312 e. The normalized spacial score (nSPS) is 9.95. The molecule has 0 atom stereocenters. The molecule has 0 saturated heterocycles. The minimum absolute atomic E-state index is 0.0575. The quantitative estimate of drug-likeness (QED) is 0.580. The zero-order valence-corrected chi connectivity index (χ0v) is 11.7. The molecule has 2 N–H and O–H groups in total. The third-order valence-corrected chi connectivity index (χ3v) is 2.37. The summed E-state index contributed by atoms with van der Waals surface area (Å²) in [4.78, 5) is 26.4. The number of nitrogens with one attached hydrogen (secondary N) is 2. The monoisotopic (exact) mass is 282 g/mol. The number of carbonyl (C=O) groups excluding carboxylic acids is 1. The summed E-state index contributed by atoms with van der Waals surface area (Å²) in [6.07, 6.45) is 0. The van der Waals surface area contributed by atoms with Crippen molar-refractivity contribution in [3.05, 3.63) is 21.7 Å². The fraction of sp³-hybridized carbons (Fsp3) is 0.500. The number of nitro groups is 1. The van der Waals surface area contributed by atoms with Gasteiger partial charge < -0.3 is 15.4 Å². The Hall–Kier alpha value is -2.38. The summed E-state index contributed by atoms with van der Waals surface area (Å²) >= 11 is 0. The molecule has 0 spiro atoms. The number of rotatable bonds is 7. The summed E-state index contributed by atoms with van der Waals surface area (Å²) in [6.45, 7) is 6.49. The Labute approximate surface area is 116 Å². The van der Waals surface area contributed by atoms with E-state index in [1.807, 2.05) is 0 Å². The molecule has 1 aromatic heterocycles. The number of carbonyl (C=O) groups is 1. The summed E-state index contributed by atoms with van der Waals surface area (Å²) in [7, 11) is 0. The number of pyridine rings is 1. The first-order valence-corrected chi connectivity index (χ1v) is 6.39. The van der Waals surface area contributed by atoms with Crippen LogP contribution < -0.4 is 15.4 Å². The predicted octanol–water partition coefficient (Wildman–Crippen LogP) is 1.57. The van der Waals surface area contributed by atoms with E-state index >= 15 is 0 Å². The molecule has 0 aromatic carbocycles. The van der Waals surface area contributed by atoms with E-state index in [0.29, 0.717) is 19.7 Å². The van der Waals surface area contributed by atoms with Crippen LogP contribution in [0.2, 0.25) is 0 Å². The van der Waals surface area contributed by atoms with Gasteiger partial charge in [0.2, 0.25) is 11.7 Å². The Morgan fingerprint density at radius 3 is 2.60 bits per heavy atom. The van der Waals surface area contributed by atoms with E-state index in [9.17, 15) is 14.9 Å². The topological polar surface area (TPSA) is 106 Å². The molecular weight excluding hydrogens is 264 g/mol. The van der Waals surface area contributed by atoms with Gasteiger partial charge in [0, 0.05) is 19.2 Å². The fourth-order valence-corrected chi connectivity index (χ4v) is 1.59. The zero-order valence-electron chi connectivity index (χ0n) is 11.7. The maximum absolute atomic E-state index is 11.9. The lowest BCUT2D eigenvalue weighted by atomic mass is 10.2. The number of nitrogens with zero attached hydrogens (tertiary/aromatic N) is 2. The molecule has 0 bridgehead atoms. The van der Waals surface area contributed by atoms with Gasteiger partial charge in [-0.3, -0.25) is 14.9 Å². The largest absolute Gasteiger partial charge is 0.477 e. The van der Waals surface area contributed by atoms with Gasteiger partial charge in [-0.05, 0) is 20.8 Å².